The third-order valence-corrected chi connectivity index (χ3v) is 4.03. The van der Waals surface area contributed by atoms with Gasteiger partial charge in [-0.2, -0.15) is 0 Å². The lowest BCUT2D eigenvalue weighted by molar-refractivity contribution is 0.324. The lowest BCUT2D eigenvalue weighted by atomic mass is 10.1. The maximum atomic E-state index is 12.3. The van der Waals surface area contributed by atoms with E-state index in [9.17, 15) is 9.59 Å². The molecule has 0 saturated carbocycles. The van der Waals surface area contributed by atoms with E-state index in [1.165, 1.54) is 32.9 Å². The van der Waals surface area contributed by atoms with E-state index in [-0.39, 0.29) is 11.2 Å². The molecule has 0 aliphatic carbocycles. The molecular formula is C16H18N4O5. The van der Waals surface area contributed by atoms with Gasteiger partial charge in [-0.1, -0.05) is 0 Å². The van der Waals surface area contributed by atoms with Crippen LogP contribution in [0.3, 0.4) is 0 Å². The number of benzene rings is 1. The van der Waals surface area contributed by atoms with Crippen LogP contribution < -0.4 is 25.5 Å². The Morgan fingerprint density at radius 2 is 1.56 bits per heavy atom. The van der Waals surface area contributed by atoms with Crippen molar-refractivity contribution in [2.75, 3.05) is 21.3 Å². The fraction of sp³-hybridized carbons (Fsp3) is 0.312. The third-order valence-electron chi connectivity index (χ3n) is 4.03. The molecule has 0 unspecified atom stereocenters. The number of aryl methyl sites for hydroxylation is 1. The summed E-state index contributed by atoms with van der Waals surface area (Å²) in [6.45, 7) is 0. The van der Waals surface area contributed by atoms with Gasteiger partial charge in [0.25, 0.3) is 5.56 Å². The van der Waals surface area contributed by atoms with Crippen molar-refractivity contribution >= 4 is 11.2 Å². The molecule has 0 spiro atoms. The molecule has 0 aliphatic heterocycles. The lowest BCUT2D eigenvalue weighted by Crippen LogP contribution is -2.36. The number of nitrogens with zero attached hydrogens (tertiary/aromatic N) is 3. The van der Waals surface area contributed by atoms with E-state index in [2.05, 4.69) is 9.97 Å². The van der Waals surface area contributed by atoms with Crippen molar-refractivity contribution in [2.24, 2.45) is 14.1 Å². The van der Waals surface area contributed by atoms with Crippen LogP contribution >= 0.6 is 0 Å². The van der Waals surface area contributed by atoms with Gasteiger partial charge in [-0.05, 0) is 12.1 Å². The highest BCUT2D eigenvalue weighted by Crippen LogP contribution is 2.40. The quantitative estimate of drug-likeness (QED) is 0.745. The van der Waals surface area contributed by atoms with Gasteiger partial charge in [-0.15, -0.1) is 0 Å². The first kappa shape index (κ1) is 16.6. The smallest absolute Gasteiger partial charge is 0.332 e. The second kappa shape index (κ2) is 6.00. The Bertz CT molecular complexity index is 1050. The number of hydrogen-bond donors (Lipinski definition) is 1. The highest BCUT2D eigenvalue weighted by Gasteiger charge is 2.18. The molecule has 25 heavy (non-hydrogen) atoms. The van der Waals surface area contributed by atoms with E-state index in [1.807, 2.05) is 0 Å². The summed E-state index contributed by atoms with van der Waals surface area (Å²) in [5.74, 6) is 1.78. The molecule has 1 N–H and O–H groups in total. The fourth-order valence-corrected chi connectivity index (χ4v) is 2.68. The van der Waals surface area contributed by atoms with E-state index >= 15 is 0 Å². The Hall–Kier alpha value is -3.23. The predicted molar refractivity (Wildman–Crippen MR) is 91.7 cm³/mol. The van der Waals surface area contributed by atoms with Crippen molar-refractivity contribution in [3.8, 4) is 28.6 Å². The van der Waals surface area contributed by atoms with Gasteiger partial charge in [-0.25, -0.2) is 9.78 Å². The summed E-state index contributed by atoms with van der Waals surface area (Å²) < 4.78 is 18.3. The van der Waals surface area contributed by atoms with Gasteiger partial charge in [0.2, 0.25) is 5.75 Å². The van der Waals surface area contributed by atoms with Crippen molar-refractivity contribution in [1.82, 2.24) is 19.1 Å². The second-order valence-corrected chi connectivity index (χ2v) is 5.40. The minimum atomic E-state index is -0.444. The molecule has 132 valence electrons. The minimum Gasteiger partial charge on any atom is -0.493 e. The van der Waals surface area contributed by atoms with E-state index in [1.54, 1.807) is 19.2 Å². The molecule has 2 aromatic heterocycles. The third kappa shape index (κ3) is 2.44. The average Bonchev–Trinajstić information content (AvgIpc) is 3.08. The Morgan fingerprint density at radius 1 is 0.960 bits per heavy atom. The minimum absolute atomic E-state index is 0.244. The molecule has 0 saturated heterocycles. The SMILES string of the molecule is COc1cc(-c2nc3c([nH]2)c(=O)n(C)c(=O)n3C)cc(OC)c1OC. The number of imidazole rings is 1. The van der Waals surface area contributed by atoms with E-state index < -0.39 is 11.2 Å². The van der Waals surface area contributed by atoms with Gasteiger partial charge in [-0.3, -0.25) is 13.9 Å². The number of aromatic nitrogens is 4. The second-order valence-electron chi connectivity index (χ2n) is 5.40. The van der Waals surface area contributed by atoms with Crippen molar-refractivity contribution in [1.29, 1.82) is 0 Å². The molecule has 9 nitrogen and oxygen atoms in total. The van der Waals surface area contributed by atoms with E-state index in [4.69, 9.17) is 14.2 Å². The molecule has 0 atom stereocenters. The summed E-state index contributed by atoms with van der Waals surface area (Å²) in [5.41, 5.74) is 0.259. The van der Waals surface area contributed by atoms with E-state index in [0.29, 0.717) is 28.6 Å². The fourth-order valence-electron chi connectivity index (χ4n) is 2.68. The van der Waals surface area contributed by atoms with Crippen LogP contribution in [-0.2, 0) is 14.1 Å². The van der Waals surface area contributed by atoms with Crippen LogP contribution in [-0.4, -0.2) is 40.4 Å². The molecule has 0 bridgehead atoms. The molecule has 0 fully saturated rings. The highest BCUT2D eigenvalue weighted by molar-refractivity contribution is 5.77. The van der Waals surface area contributed by atoms with Gasteiger partial charge in [0.1, 0.15) is 11.3 Å². The van der Waals surface area contributed by atoms with Crippen molar-refractivity contribution in [2.45, 2.75) is 0 Å². The summed E-state index contributed by atoms with van der Waals surface area (Å²) in [6, 6.07) is 3.42. The number of H-pyrrole nitrogens is 1. The predicted octanol–water partition coefficient (Wildman–Crippen LogP) is 0.653. The topological polar surface area (TPSA) is 100 Å². The highest BCUT2D eigenvalue weighted by atomic mass is 16.5. The van der Waals surface area contributed by atoms with Gasteiger partial charge in [0.15, 0.2) is 17.1 Å². The summed E-state index contributed by atoms with van der Waals surface area (Å²) >= 11 is 0. The van der Waals surface area contributed by atoms with Crippen LogP contribution in [0.5, 0.6) is 17.2 Å². The van der Waals surface area contributed by atoms with Crippen LogP contribution in [0, 0.1) is 0 Å². The van der Waals surface area contributed by atoms with Gasteiger partial charge in [0, 0.05) is 19.7 Å². The number of fused-ring (bicyclic) bond motifs is 1. The van der Waals surface area contributed by atoms with Crippen LogP contribution in [0.1, 0.15) is 0 Å². The first-order valence-electron chi connectivity index (χ1n) is 7.39. The summed E-state index contributed by atoms with van der Waals surface area (Å²) in [6.07, 6.45) is 0. The Labute approximate surface area is 142 Å². The zero-order valence-corrected chi connectivity index (χ0v) is 14.5. The standard InChI is InChI=1S/C16H18N4O5/c1-19-14-11(15(21)20(2)16(19)22)17-13(18-14)8-6-9(23-3)12(25-5)10(7-8)24-4/h6-7H,1-5H3,(H,17,18). The normalized spacial score (nSPS) is 10.9. The number of aromatic amines is 1. The Kier molecular flexibility index (Phi) is 3.99. The van der Waals surface area contributed by atoms with Crippen molar-refractivity contribution < 1.29 is 14.2 Å². The monoisotopic (exact) mass is 346 g/mol. The van der Waals surface area contributed by atoms with Crippen LogP contribution in [0.2, 0.25) is 0 Å². The van der Waals surface area contributed by atoms with Crippen LogP contribution in [0.25, 0.3) is 22.6 Å². The lowest BCUT2D eigenvalue weighted by Gasteiger charge is -2.13. The first-order chi connectivity index (χ1) is 11.9. The average molecular weight is 346 g/mol. The molecule has 1 aromatic carbocycles. The largest absolute Gasteiger partial charge is 0.493 e. The molecule has 3 aromatic rings. The van der Waals surface area contributed by atoms with Crippen LogP contribution in [0.15, 0.2) is 21.7 Å². The number of rotatable bonds is 4. The molecule has 0 radical (unpaired) electrons. The Morgan fingerprint density at radius 3 is 2.08 bits per heavy atom. The van der Waals surface area contributed by atoms with Crippen molar-refractivity contribution in [3.63, 3.8) is 0 Å². The zero-order valence-electron chi connectivity index (χ0n) is 14.5. The van der Waals surface area contributed by atoms with Crippen molar-refractivity contribution in [3.05, 3.63) is 33.0 Å². The first-order valence-corrected chi connectivity index (χ1v) is 7.39. The number of methoxy groups -OCH3 is 3. The molecule has 0 aliphatic rings. The summed E-state index contributed by atoms with van der Waals surface area (Å²) in [4.78, 5) is 31.7. The van der Waals surface area contributed by atoms with Gasteiger partial charge < -0.3 is 19.2 Å². The Balaban J connectivity index is 2.31. The maximum Gasteiger partial charge on any atom is 0.332 e. The van der Waals surface area contributed by atoms with Gasteiger partial charge in [0.05, 0.1) is 21.3 Å². The molecule has 2 heterocycles. The number of hydrogen-bond acceptors (Lipinski definition) is 6. The molecular weight excluding hydrogens is 328 g/mol. The number of nitrogens with one attached hydrogen (secondary N) is 1. The molecule has 9 heteroatoms. The molecule has 3 rings (SSSR count). The van der Waals surface area contributed by atoms with Crippen LogP contribution in [0.4, 0.5) is 0 Å². The van der Waals surface area contributed by atoms with Gasteiger partial charge >= 0.3 is 5.69 Å². The maximum absolute atomic E-state index is 12.3. The zero-order chi connectivity index (χ0) is 18.3. The number of ether oxygens (including phenoxy) is 3. The molecule has 0 amide bonds. The van der Waals surface area contributed by atoms with E-state index in [0.717, 1.165) is 4.57 Å². The summed E-state index contributed by atoms with van der Waals surface area (Å²) in [7, 11) is 7.52. The summed E-state index contributed by atoms with van der Waals surface area (Å²) in [5, 5.41) is 0.